The number of aromatic amines is 1. The second-order valence-electron chi connectivity index (χ2n) is 7.86. The van der Waals surface area contributed by atoms with Crippen molar-refractivity contribution in [3.05, 3.63) is 89.0 Å². The number of fused-ring (bicyclic) bond motifs is 1. The first-order valence-electron chi connectivity index (χ1n) is 10.1. The zero-order valence-electron chi connectivity index (χ0n) is 17.4. The number of nitrogens with one attached hydrogen (secondary N) is 1. The number of H-pyrrole nitrogens is 1. The number of furan rings is 1. The first kappa shape index (κ1) is 19.7. The summed E-state index contributed by atoms with van der Waals surface area (Å²) in [5.74, 6) is -1.28. The topological polar surface area (TPSA) is 107 Å². The van der Waals surface area contributed by atoms with Crippen molar-refractivity contribution in [3.8, 4) is 5.75 Å². The minimum absolute atomic E-state index is 0.102. The van der Waals surface area contributed by atoms with Crippen LogP contribution in [0.5, 0.6) is 5.75 Å². The number of hydrogen-bond donors (Lipinski definition) is 3. The van der Waals surface area contributed by atoms with Gasteiger partial charge in [0, 0.05) is 22.7 Å². The summed E-state index contributed by atoms with van der Waals surface area (Å²) in [7, 11) is 0. The Labute approximate surface area is 183 Å². The molecule has 0 bridgehead atoms. The van der Waals surface area contributed by atoms with Gasteiger partial charge in [-0.1, -0.05) is 24.3 Å². The van der Waals surface area contributed by atoms with Gasteiger partial charge < -0.3 is 19.6 Å². The van der Waals surface area contributed by atoms with Crippen LogP contribution in [0.4, 0.5) is 5.69 Å². The van der Waals surface area contributed by atoms with Crippen molar-refractivity contribution in [1.82, 2.24) is 4.98 Å². The Balaban J connectivity index is 1.78. The summed E-state index contributed by atoms with van der Waals surface area (Å²) >= 11 is 0. The molecule has 0 spiro atoms. The minimum Gasteiger partial charge on any atom is -0.507 e. The Bertz CT molecular complexity index is 1430. The molecule has 160 valence electrons. The van der Waals surface area contributed by atoms with Crippen LogP contribution in [0.2, 0.25) is 0 Å². The molecule has 0 radical (unpaired) electrons. The third-order valence-electron chi connectivity index (χ3n) is 5.71. The molecule has 4 aromatic rings. The van der Waals surface area contributed by atoms with Crippen molar-refractivity contribution in [3.63, 3.8) is 0 Å². The molecular weight excluding hydrogens is 408 g/mol. The molecule has 0 aliphatic carbocycles. The van der Waals surface area contributed by atoms with Gasteiger partial charge in [-0.25, -0.2) is 0 Å². The number of phenols is 1. The second-order valence-corrected chi connectivity index (χ2v) is 7.86. The van der Waals surface area contributed by atoms with Crippen molar-refractivity contribution in [2.24, 2.45) is 0 Å². The lowest BCUT2D eigenvalue weighted by molar-refractivity contribution is -0.132. The quantitative estimate of drug-likeness (QED) is 0.249. The van der Waals surface area contributed by atoms with Crippen molar-refractivity contribution < 1.29 is 24.2 Å². The molecule has 1 amide bonds. The minimum atomic E-state index is -1.04. The summed E-state index contributed by atoms with van der Waals surface area (Å²) in [6.45, 7) is 3.57. The second kappa shape index (κ2) is 7.16. The fourth-order valence-corrected chi connectivity index (χ4v) is 4.19. The van der Waals surface area contributed by atoms with E-state index in [4.69, 9.17) is 4.42 Å². The van der Waals surface area contributed by atoms with Crippen LogP contribution in [0, 0.1) is 13.8 Å². The maximum absolute atomic E-state index is 13.2. The van der Waals surface area contributed by atoms with Crippen molar-refractivity contribution >= 4 is 34.0 Å². The molecule has 1 aliphatic heterocycles. The van der Waals surface area contributed by atoms with E-state index in [-0.39, 0.29) is 22.8 Å². The van der Waals surface area contributed by atoms with Gasteiger partial charge in [0.1, 0.15) is 29.1 Å². The van der Waals surface area contributed by atoms with E-state index in [1.165, 1.54) is 11.0 Å². The Morgan fingerprint density at radius 2 is 1.84 bits per heavy atom. The van der Waals surface area contributed by atoms with E-state index in [0.717, 1.165) is 11.1 Å². The standard InChI is InChI=1S/C25H20N2O5/c1-13-7-9-19(28)18(11-13)27-22(20-10-8-14(2)32-20)21(24(30)25(27)31)23(29)16-12-26-17-6-4-3-5-15(16)17/h3-12,22,26,28-29H,1-2H3/b23-21-. The molecule has 1 saturated heterocycles. The maximum atomic E-state index is 13.2. The fraction of sp³-hybridized carbons (Fsp3) is 0.120. The van der Waals surface area contributed by atoms with E-state index in [2.05, 4.69) is 4.98 Å². The Morgan fingerprint density at radius 3 is 2.59 bits per heavy atom. The van der Waals surface area contributed by atoms with Gasteiger partial charge in [0.05, 0.1) is 11.3 Å². The van der Waals surface area contributed by atoms with Crippen molar-refractivity contribution in [1.29, 1.82) is 0 Å². The number of hydrogen-bond acceptors (Lipinski definition) is 5. The van der Waals surface area contributed by atoms with Crippen LogP contribution in [0.15, 0.2) is 70.8 Å². The number of phenolic OH excluding ortho intramolecular Hbond substituents is 1. The number of para-hydroxylation sites is 1. The number of ketones is 1. The molecule has 2 aromatic heterocycles. The van der Waals surface area contributed by atoms with Gasteiger partial charge in [0.25, 0.3) is 11.7 Å². The zero-order valence-corrected chi connectivity index (χ0v) is 17.4. The van der Waals surface area contributed by atoms with Gasteiger partial charge in [-0.2, -0.15) is 0 Å². The monoisotopic (exact) mass is 428 g/mol. The Morgan fingerprint density at radius 1 is 1.06 bits per heavy atom. The lowest BCUT2D eigenvalue weighted by Crippen LogP contribution is -2.29. The Kier molecular flexibility index (Phi) is 4.41. The molecule has 5 rings (SSSR count). The summed E-state index contributed by atoms with van der Waals surface area (Å²) in [6.07, 6.45) is 1.60. The third kappa shape index (κ3) is 2.90. The average molecular weight is 428 g/mol. The van der Waals surface area contributed by atoms with E-state index >= 15 is 0 Å². The van der Waals surface area contributed by atoms with Gasteiger partial charge in [0.15, 0.2) is 0 Å². The largest absolute Gasteiger partial charge is 0.507 e. The number of aryl methyl sites for hydroxylation is 2. The smallest absolute Gasteiger partial charge is 0.300 e. The SMILES string of the molecule is Cc1ccc(O)c(N2C(=O)C(=O)/C(=C(\O)c3c[nH]c4ccccc34)C2c2ccc(C)o2)c1. The molecule has 3 N–H and O–H groups in total. The molecule has 0 saturated carbocycles. The molecule has 3 heterocycles. The number of anilines is 1. The van der Waals surface area contributed by atoms with Crippen LogP contribution < -0.4 is 4.90 Å². The molecule has 7 nitrogen and oxygen atoms in total. The number of benzene rings is 2. The van der Waals surface area contributed by atoms with Gasteiger partial charge >= 0.3 is 0 Å². The molecular formula is C25H20N2O5. The number of aliphatic hydroxyl groups is 1. The maximum Gasteiger partial charge on any atom is 0.300 e. The van der Waals surface area contributed by atoms with Crippen molar-refractivity contribution in [2.45, 2.75) is 19.9 Å². The average Bonchev–Trinajstić information content (AvgIpc) is 3.46. The van der Waals surface area contributed by atoms with Gasteiger partial charge in [-0.15, -0.1) is 0 Å². The summed E-state index contributed by atoms with van der Waals surface area (Å²) < 4.78 is 5.79. The van der Waals surface area contributed by atoms with Crippen LogP contribution in [0.25, 0.3) is 16.7 Å². The summed E-state index contributed by atoms with van der Waals surface area (Å²) in [5.41, 5.74) is 2.05. The van der Waals surface area contributed by atoms with Crippen LogP contribution in [-0.4, -0.2) is 26.9 Å². The number of rotatable bonds is 3. The highest BCUT2D eigenvalue weighted by Crippen LogP contribution is 2.45. The number of carbonyl (C=O) groups is 2. The predicted molar refractivity (Wildman–Crippen MR) is 119 cm³/mol. The summed E-state index contributed by atoms with van der Waals surface area (Å²) in [5, 5.41) is 22.5. The lowest BCUT2D eigenvalue weighted by atomic mass is 9.98. The van der Waals surface area contributed by atoms with Gasteiger partial charge in [-0.05, 0) is 49.7 Å². The number of nitrogens with zero attached hydrogens (tertiary/aromatic N) is 1. The normalized spacial score (nSPS) is 18.1. The lowest BCUT2D eigenvalue weighted by Gasteiger charge is -2.24. The predicted octanol–water partition coefficient (Wildman–Crippen LogP) is 4.71. The molecule has 1 unspecified atom stereocenters. The number of Topliss-reactive ketones (excluding diaryl/α,β-unsaturated/α-hetero) is 1. The number of aromatic hydroxyl groups is 1. The molecule has 32 heavy (non-hydrogen) atoms. The first-order chi connectivity index (χ1) is 15.4. The summed E-state index contributed by atoms with van der Waals surface area (Å²) in [4.78, 5) is 30.6. The van der Waals surface area contributed by atoms with Gasteiger partial charge in [0.2, 0.25) is 0 Å². The van der Waals surface area contributed by atoms with Crippen LogP contribution >= 0.6 is 0 Å². The zero-order chi connectivity index (χ0) is 22.6. The first-order valence-corrected chi connectivity index (χ1v) is 10.1. The molecule has 7 heteroatoms. The summed E-state index contributed by atoms with van der Waals surface area (Å²) in [6, 6.07) is 14.5. The third-order valence-corrected chi connectivity index (χ3v) is 5.71. The van der Waals surface area contributed by atoms with E-state index < -0.39 is 17.7 Å². The molecule has 1 aliphatic rings. The fourth-order valence-electron chi connectivity index (χ4n) is 4.19. The number of aromatic nitrogens is 1. The van der Waals surface area contributed by atoms with Crippen LogP contribution in [-0.2, 0) is 9.59 Å². The van der Waals surface area contributed by atoms with Crippen LogP contribution in [0.1, 0.15) is 28.7 Å². The number of carbonyl (C=O) groups excluding carboxylic acids is 2. The number of aliphatic hydroxyl groups excluding tert-OH is 1. The highest BCUT2D eigenvalue weighted by atomic mass is 16.3. The van der Waals surface area contributed by atoms with Crippen molar-refractivity contribution in [2.75, 3.05) is 4.90 Å². The highest BCUT2D eigenvalue weighted by Gasteiger charge is 2.49. The molecule has 1 atom stereocenters. The molecule has 1 fully saturated rings. The van der Waals surface area contributed by atoms with Crippen LogP contribution in [0.3, 0.4) is 0 Å². The van der Waals surface area contributed by atoms with E-state index in [0.29, 0.717) is 22.5 Å². The highest BCUT2D eigenvalue weighted by molar-refractivity contribution is 6.52. The Hall–Kier alpha value is -4.26. The van der Waals surface area contributed by atoms with E-state index in [9.17, 15) is 19.8 Å². The molecule has 2 aromatic carbocycles. The van der Waals surface area contributed by atoms with Gasteiger partial charge in [-0.3, -0.25) is 14.5 Å². The van der Waals surface area contributed by atoms with E-state index in [1.807, 2.05) is 31.2 Å². The van der Waals surface area contributed by atoms with E-state index in [1.54, 1.807) is 37.4 Å². The number of amides is 1.